The van der Waals surface area contributed by atoms with Crippen molar-refractivity contribution in [3.8, 4) is 0 Å². The van der Waals surface area contributed by atoms with E-state index in [1.54, 1.807) is 0 Å². The Morgan fingerprint density at radius 3 is 2.82 bits per heavy atom. The molecule has 1 aliphatic rings. The van der Waals surface area contributed by atoms with Crippen LogP contribution in [0.4, 0.5) is 0 Å². The van der Waals surface area contributed by atoms with Crippen molar-refractivity contribution in [3.05, 3.63) is 0 Å². The second-order valence-electron chi connectivity index (χ2n) is 4.14. The monoisotopic (exact) mass is 173 g/mol. The molecule has 1 N–H and O–H groups in total. The first-order valence-electron chi connectivity index (χ1n) is 4.45. The molecule has 11 heavy (non-hydrogen) atoms. The summed E-state index contributed by atoms with van der Waals surface area (Å²) in [6, 6.07) is 0.758. The Bertz CT molecular complexity index is 121. The van der Waals surface area contributed by atoms with E-state index in [9.17, 15) is 0 Å². The molecule has 0 aromatic rings. The van der Waals surface area contributed by atoms with Gasteiger partial charge in [0.25, 0.3) is 0 Å². The largest absolute Gasteiger partial charge is 0.313 e. The fraction of sp³-hybridized carbons (Fsp3) is 1.00. The zero-order chi connectivity index (χ0) is 8.32. The van der Waals surface area contributed by atoms with Gasteiger partial charge in [0.2, 0.25) is 0 Å². The van der Waals surface area contributed by atoms with E-state index >= 15 is 0 Å². The third-order valence-electron chi connectivity index (χ3n) is 2.10. The molecule has 2 heteroatoms. The molecule has 0 aliphatic carbocycles. The van der Waals surface area contributed by atoms with Gasteiger partial charge in [-0.2, -0.15) is 11.8 Å². The van der Waals surface area contributed by atoms with Gasteiger partial charge in [0.05, 0.1) is 0 Å². The van der Waals surface area contributed by atoms with Crippen molar-refractivity contribution in [2.24, 2.45) is 5.41 Å². The lowest BCUT2D eigenvalue weighted by Gasteiger charge is -2.35. The first-order valence-corrected chi connectivity index (χ1v) is 5.60. The average molecular weight is 173 g/mol. The minimum absolute atomic E-state index is 0.551. The van der Waals surface area contributed by atoms with Crippen molar-refractivity contribution in [2.45, 2.75) is 33.2 Å². The van der Waals surface area contributed by atoms with Gasteiger partial charge in [-0.05, 0) is 24.1 Å². The van der Waals surface area contributed by atoms with Crippen LogP contribution in [0.3, 0.4) is 0 Å². The Morgan fingerprint density at radius 2 is 2.27 bits per heavy atom. The second-order valence-corrected chi connectivity index (χ2v) is 5.17. The van der Waals surface area contributed by atoms with E-state index in [-0.39, 0.29) is 0 Å². The van der Waals surface area contributed by atoms with Gasteiger partial charge in [0.15, 0.2) is 0 Å². The van der Waals surface area contributed by atoms with Gasteiger partial charge in [-0.1, -0.05) is 20.8 Å². The van der Waals surface area contributed by atoms with Crippen LogP contribution in [0.5, 0.6) is 0 Å². The Balaban J connectivity index is 2.34. The SMILES string of the molecule is CCNC1CSCC(C)(C)C1. The second kappa shape index (κ2) is 3.81. The van der Waals surface area contributed by atoms with E-state index in [4.69, 9.17) is 0 Å². The lowest BCUT2D eigenvalue weighted by Crippen LogP contribution is -2.40. The molecule has 0 aromatic heterocycles. The Morgan fingerprint density at radius 1 is 1.55 bits per heavy atom. The van der Waals surface area contributed by atoms with Crippen molar-refractivity contribution in [1.29, 1.82) is 0 Å². The van der Waals surface area contributed by atoms with Crippen molar-refractivity contribution in [1.82, 2.24) is 5.32 Å². The summed E-state index contributed by atoms with van der Waals surface area (Å²) in [5.74, 6) is 2.63. The van der Waals surface area contributed by atoms with Crippen LogP contribution >= 0.6 is 11.8 Å². The van der Waals surface area contributed by atoms with Crippen LogP contribution in [-0.2, 0) is 0 Å². The highest BCUT2D eigenvalue weighted by molar-refractivity contribution is 7.99. The smallest absolute Gasteiger partial charge is 0.0163 e. The third kappa shape index (κ3) is 3.04. The molecule has 0 bridgehead atoms. The fourth-order valence-electron chi connectivity index (χ4n) is 1.68. The van der Waals surface area contributed by atoms with E-state index in [1.807, 2.05) is 0 Å². The van der Waals surface area contributed by atoms with Crippen molar-refractivity contribution in [2.75, 3.05) is 18.1 Å². The van der Waals surface area contributed by atoms with E-state index in [2.05, 4.69) is 37.8 Å². The molecule has 0 saturated carbocycles. The Kier molecular flexibility index (Phi) is 3.26. The molecule has 1 saturated heterocycles. The van der Waals surface area contributed by atoms with Crippen LogP contribution < -0.4 is 5.32 Å². The molecule has 1 fully saturated rings. The van der Waals surface area contributed by atoms with Gasteiger partial charge in [-0.15, -0.1) is 0 Å². The van der Waals surface area contributed by atoms with E-state index < -0.39 is 0 Å². The molecule has 1 atom stereocenters. The zero-order valence-corrected chi connectivity index (χ0v) is 8.63. The molecule has 0 spiro atoms. The highest BCUT2D eigenvalue weighted by atomic mass is 32.2. The van der Waals surface area contributed by atoms with Gasteiger partial charge in [-0.3, -0.25) is 0 Å². The van der Waals surface area contributed by atoms with Gasteiger partial charge < -0.3 is 5.32 Å². The first-order chi connectivity index (χ1) is 5.14. The fourth-order valence-corrected chi connectivity index (χ4v) is 2.99. The Labute approximate surface area is 74.3 Å². The van der Waals surface area contributed by atoms with Crippen molar-refractivity contribution < 1.29 is 0 Å². The molecular formula is C9H19NS. The van der Waals surface area contributed by atoms with E-state index in [0.717, 1.165) is 12.6 Å². The summed E-state index contributed by atoms with van der Waals surface area (Å²) in [7, 11) is 0. The lowest BCUT2D eigenvalue weighted by molar-refractivity contribution is 0.321. The van der Waals surface area contributed by atoms with Gasteiger partial charge in [-0.25, -0.2) is 0 Å². The summed E-state index contributed by atoms with van der Waals surface area (Å²) >= 11 is 2.09. The minimum Gasteiger partial charge on any atom is -0.313 e. The molecule has 1 nitrogen and oxygen atoms in total. The predicted molar refractivity (Wildman–Crippen MR) is 53.2 cm³/mol. The third-order valence-corrected chi connectivity index (χ3v) is 3.73. The van der Waals surface area contributed by atoms with Crippen LogP contribution in [0.25, 0.3) is 0 Å². The quantitative estimate of drug-likeness (QED) is 0.686. The van der Waals surface area contributed by atoms with E-state index in [1.165, 1.54) is 17.9 Å². The van der Waals surface area contributed by atoms with Crippen LogP contribution in [0, 0.1) is 5.41 Å². The topological polar surface area (TPSA) is 12.0 Å². The maximum absolute atomic E-state index is 3.52. The summed E-state index contributed by atoms with van der Waals surface area (Å²) in [6.45, 7) is 8.03. The zero-order valence-electron chi connectivity index (χ0n) is 7.81. The molecule has 1 heterocycles. The molecule has 1 rings (SSSR count). The first kappa shape index (κ1) is 9.40. The van der Waals surface area contributed by atoms with Crippen molar-refractivity contribution >= 4 is 11.8 Å². The van der Waals surface area contributed by atoms with Crippen LogP contribution in [0.15, 0.2) is 0 Å². The maximum Gasteiger partial charge on any atom is 0.0163 e. The normalized spacial score (nSPS) is 30.3. The highest BCUT2D eigenvalue weighted by Crippen LogP contribution is 2.33. The summed E-state index contributed by atoms with van der Waals surface area (Å²) in [5, 5.41) is 3.52. The van der Waals surface area contributed by atoms with Crippen LogP contribution in [-0.4, -0.2) is 24.1 Å². The lowest BCUT2D eigenvalue weighted by atomic mass is 9.88. The number of nitrogens with one attached hydrogen (secondary N) is 1. The van der Waals surface area contributed by atoms with E-state index in [0.29, 0.717) is 5.41 Å². The highest BCUT2D eigenvalue weighted by Gasteiger charge is 2.27. The van der Waals surface area contributed by atoms with Crippen molar-refractivity contribution in [3.63, 3.8) is 0 Å². The number of hydrogen-bond acceptors (Lipinski definition) is 2. The molecule has 1 aliphatic heterocycles. The standard InChI is InChI=1S/C9H19NS/c1-4-10-8-5-9(2,3)7-11-6-8/h8,10H,4-7H2,1-3H3. The molecular weight excluding hydrogens is 154 g/mol. The number of hydrogen-bond donors (Lipinski definition) is 1. The molecule has 1 unspecified atom stereocenters. The summed E-state index contributed by atoms with van der Waals surface area (Å²) in [5.41, 5.74) is 0.551. The molecule has 0 amide bonds. The van der Waals surface area contributed by atoms with Crippen LogP contribution in [0.1, 0.15) is 27.2 Å². The minimum atomic E-state index is 0.551. The van der Waals surface area contributed by atoms with Crippen LogP contribution in [0.2, 0.25) is 0 Å². The predicted octanol–water partition coefficient (Wildman–Crippen LogP) is 2.13. The maximum atomic E-state index is 3.52. The molecule has 0 radical (unpaired) electrons. The summed E-state index contributed by atoms with van der Waals surface area (Å²) in [6.07, 6.45) is 1.34. The molecule has 66 valence electrons. The average Bonchev–Trinajstić information content (AvgIpc) is 1.85. The molecule has 0 aromatic carbocycles. The summed E-state index contributed by atoms with van der Waals surface area (Å²) in [4.78, 5) is 0. The number of rotatable bonds is 2. The summed E-state index contributed by atoms with van der Waals surface area (Å²) < 4.78 is 0. The number of thioether (sulfide) groups is 1. The van der Waals surface area contributed by atoms with Gasteiger partial charge in [0.1, 0.15) is 0 Å². The Hall–Kier alpha value is 0.310. The van der Waals surface area contributed by atoms with Gasteiger partial charge in [0, 0.05) is 11.8 Å². The van der Waals surface area contributed by atoms with Gasteiger partial charge >= 0.3 is 0 Å².